The first-order valence-corrected chi connectivity index (χ1v) is 27.9. The highest BCUT2D eigenvalue weighted by molar-refractivity contribution is 5.69. The summed E-state index contributed by atoms with van der Waals surface area (Å²) in [5.41, 5.74) is 0. The standard InChI is InChI=1S/C58H104O9/c1-3-5-7-9-11-13-15-17-19-21-23-24-25-26-27-28-29-31-33-35-37-39-41-43-45-47-54(60)66-52(51-65-58-57(63)56(62)55(61)53(49-59)67-58)50-64-48-46-44-42-40-38-36-34-32-30-22-20-18-16-14-12-10-8-6-4-2/h5,7,11,13,17,19-20,22-24,52-53,55-59,61-63H,3-4,6,8-10,12,14-16,18,21,25-51H2,1-2H3/b7-5-,13-11-,19-17-,22-20-,24-23-. The second kappa shape index (κ2) is 48.9. The molecule has 0 spiro atoms. The largest absolute Gasteiger partial charge is 0.457 e. The molecule has 1 aliphatic rings. The summed E-state index contributed by atoms with van der Waals surface area (Å²) >= 11 is 0. The van der Waals surface area contributed by atoms with E-state index in [0.29, 0.717) is 13.0 Å². The van der Waals surface area contributed by atoms with Gasteiger partial charge in [-0.05, 0) is 77.0 Å². The molecule has 6 unspecified atom stereocenters. The predicted molar refractivity (Wildman–Crippen MR) is 279 cm³/mol. The Morgan fingerprint density at radius 1 is 0.493 bits per heavy atom. The highest BCUT2D eigenvalue weighted by Gasteiger charge is 2.44. The molecule has 4 N–H and O–H groups in total. The average molecular weight is 945 g/mol. The number of allylic oxidation sites excluding steroid dienone is 10. The second-order valence-corrected chi connectivity index (χ2v) is 19.0. The number of hydrogen-bond donors (Lipinski definition) is 4. The minimum absolute atomic E-state index is 0.116. The molecule has 9 nitrogen and oxygen atoms in total. The maximum absolute atomic E-state index is 12.9. The van der Waals surface area contributed by atoms with Crippen LogP contribution in [0.2, 0.25) is 0 Å². The number of unbranched alkanes of at least 4 members (excludes halogenated alkanes) is 27. The molecule has 0 radical (unpaired) electrons. The zero-order valence-corrected chi connectivity index (χ0v) is 43.1. The highest BCUT2D eigenvalue weighted by Crippen LogP contribution is 2.23. The average Bonchev–Trinajstić information content (AvgIpc) is 3.33. The van der Waals surface area contributed by atoms with Gasteiger partial charge in [-0.2, -0.15) is 0 Å². The smallest absolute Gasteiger partial charge is 0.306 e. The predicted octanol–water partition coefficient (Wildman–Crippen LogP) is 14.2. The Hall–Kier alpha value is -2.11. The summed E-state index contributed by atoms with van der Waals surface area (Å²) in [6, 6.07) is 0. The lowest BCUT2D eigenvalue weighted by atomic mass is 9.99. The lowest BCUT2D eigenvalue weighted by Gasteiger charge is -2.39. The summed E-state index contributed by atoms with van der Waals surface area (Å²) in [6.07, 6.45) is 56.9. The van der Waals surface area contributed by atoms with Crippen LogP contribution in [0.4, 0.5) is 0 Å². The molecule has 9 heteroatoms. The van der Waals surface area contributed by atoms with Crippen molar-refractivity contribution >= 4 is 5.97 Å². The molecule has 0 aromatic carbocycles. The number of aliphatic hydroxyl groups excluding tert-OH is 4. The Bertz CT molecular complexity index is 1210. The van der Waals surface area contributed by atoms with E-state index < -0.39 is 43.4 Å². The van der Waals surface area contributed by atoms with Crippen molar-refractivity contribution in [2.24, 2.45) is 0 Å². The van der Waals surface area contributed by atoms with Gasteiger partial charge < -0.3 is 39.4 Å². The van der Waals surface area contributed by atoms with Crippen molar-refractivity contribution in [2.45, 2.75) is 275 Å². The van der Waals surface area contributed by atoms with Crippen LogP contribution in [0.5, 0.6) is 0 Å². The quantitative estimate of drug-likeness (QED) is 0.0267. The molecular weight excluding hydrogens is 841 g/mol. The van der Waals surface area contributed by atoms with Gasteiger partial charge in [0.2, 0.25) is 0 Å². The summed E-state index contributed by atoms with van der Waals surface area (Å²) in [5, 5.41) is 40.3. The molecule has 0 aliphatic carbocycles. The molecule has 1 fully saturated rings. The van der Waals surface area contributed by atoms with Crippen LogP contribution in [0.15, 0.2) is 60.8 Å². The Morgan fingerprint density at radius 3 is 1.39 bits per heavy atom. The number of carbonyl (C=O) groups is 1. The molecule has 390 valence electrons. The lowest BCUT2D eigenvalue weighted by molar-refractivity contribution is -0.305. The van der Waals surface area contributed by atoms with Gasteiger partial charge in [0.15, 0.2) is 6.29 Å². The third-order valence-corrected chi connectivity index (χ3v) is 12.7. The van der Waals surface area contributed by atoms with Gasteiger partial charge in [-0.3, -0.25) is 4.79 Å². The molecule has 1 rings (SSSR count). The lowest BCUT2D eigenvalue weighted by Crippen LogP contribution is -2.59. The molecule has 0 saturated carbocycles. The number of rotatable bonds is 48. The number of carbonyl (C=O) groups excluding carboxylic acids is 1. The van der Waals surface area contributed by atoms with Crippen molar-refractivity contribution in [1.29, 1.82) is 0 Å². The van der Waals surface area contributed by atoms with E-state index in [4.69, 9.17) is 18.9 Å². The van der Waals surface area contributed by atoms with Crippen LogP contribution in [-0.4, -0.2) is 89.6 Å². The van der Waals surface area contributed by atoms with Gasteiger partial charge in [-0.25, -0.2) is 0 Å². The van der Waals surface area contributed by atoms with Crippen molar-refractivity contribution in [3.05, 3.63) is 60.8 Å². The Morgan fingerprint density at radius 2 is 0.910 bits per heavy atom. The summed E-state index contributed by atoms with van der Waals surface area (Å²) in [6.45, 7) is 4.46. The van der Waals surface area contributed by atoms with E-state index in [2.05, 4.69) is 74.6 Å². The normalized spacial score (nSPS) is 19.6. The van der Waals surface area contributed by atoms with Gasteiger partial charge >= 0.3 is 5.97 Å². The van der Waals surface area contributed by atoms with Crippen molar-refractivity contribution < 1.29 is 44.2 Å². The summed E-state index contributed by atoms with van der Waals surface area (Å²) < 4.78 is 23.0. The molecule has 1 heterocycles. The van der Waals surface area contributed by atoms with Crippen LogP contribution in [0.1, 0.15) is 239 Å². The van der Waals surface area contributed by atoms with Crippen LogP contribution in [-0.2, 0) is 23.7 Å². The van der Waals surface area contributed by atoms with E-state index in [1.807, 2.05) is 0 Å². The molecule has 0 aromatic heterocycles. The summed E-state index contributed by atoms with van der Waals surface area (Å²) in [5.74, 6) is -0.316. The minimum atomic E-state index is -1.54. The Kier molecular flexibility index (Phi) is 45.9. The monoisotopic (exact) mass is 945 g/mol. The number of esters is 1. The van der Waals surface area contributed by atoms with Crippen LogP contribution in [0.25, 0.3) is 0 Å². The van der Waals surface area contributed by atoms with Crippen LogP contribution >= 0.6 is 0 Å². The van der Waals surface area contributed by atoms with Gasteiger partial charge in [0.1, 0.15) is 30.5 Å². The number of aliphatic hydroxyl groups is 4. The molecule has 1 saturated heterocycles. The summed E-state index contributed by atoms with van der Waals surface area (Å²) in [7, 11) is 0. The molecule has 6 atom stereocenters. The van der Waals surface area contributed by atoms with Crippen molar-refractivity contribution in [3.63, 3.8) is 0 Å². The highest BCUT2D eigenvalue weighted by atomic mass is 16.7. The first-order valence-electron chi connectivity index (χ1n) is 27.9. The minimum Gasteiger partial charge on any atom is -0.457 e. The van der Waals surface area contributed by atoms with Gasteiger partial charge in [0, 0.05) is 13.0 Å². The molecular formula is C58H104O9. The summed E-state index contributed by atoms with van der Waals surface area (Å²) in [4.78, 5) is 12.9. The molecule has 67 heavy (non-hydrogen) atoms. The first kappa shape index (κ1) is 62.9. The molecule has 0 amide bonds. The zero-order valence-electron chi connectivity index (χ0n) is 43.1. The van der Waals surface area contributed by atoms with Crippen LogP contribution in [0.3, 0.4) is 0 Å². The Balaban J connectivity index is 2.17. The Labute approximate surface area is 411 Å². The fourth-order valence-electron chi connectivity index (χ4n) is 8.36. The van der Waals surface area contributed by atoms with Crippen molar-refractivity contribution in [2.75, 3.05) is 26.4 Å². The molecule has 1 aliphatic heterocycles. The van der Waals surface area contributed by atoms with E-state index in [1.165, 1.54) is 161 Å². The van der Waals surface area contributed by atoms with E-state index in [0.717, 1.165) is 57.8 Å². The van der Waals surface area contributed by atoms with Gasteiger partial charge in [-0.1, -0.05) is 216 Å². The van der Waals surface area contributed by atoms with Crippen molar-refractivity contribution in [1.82, 2.24) is 0 Å². The van der Waals surface area contributed by atoms with Crippen LogP contribution < -0.4 is 0 Å². The van der Waals surface area contributed by atoms with E-state index in [9.17, 15) is 25.2 Å². The fraction of sp³-hybridized carbons (Fsp3) is 0.810. The topological polar surface area (TPSA) is 135 Å². The van der Waals surface area contributed by atoms with Crippen molar-refractivity contribution in [3.8, 4) is 0 Å². The number of hydrogen-bond acceptors (Lipinski definition) is 9. The number of ether oxygens (including phenoxy) is 4. The molecule has 0 aromatic rings. The third-order valence-electron chi connectivity index (χ3n) is 12.7. The maximum atomic E-state index is 12.9. The van der Waals surface area contributed by atoms with E-state index in [1.54, 1.807) is 0 Å². The zero-order chi connectivity index (χ0) is 48.5. The van der Waals surface area contributed by atoms with E-state index >= 15 is 0 Å². The SMILES string of the molecule is CC/C=C\C/C=C\C/C=C\C/C=C\CCCCCCCCCCCCCCC(=O)OC(COCCCCCCCCCC/C=C\CCCCCCCCC)COC1OC(CO)C(O)C(O)C1O. The van der Waals surface area contributed by atoms with Gasteiger partial charge in [0.05, 0.1) is 19.8 Å². The molecule has 0 bridgehead atoms. The second-order valence-electron chi connectivity index (χ2n) is 19.0. The first-order chi connectivity index (χ1) is 32.9. The fourth-order valence-corrected chi connectivity index (χ4v) is 8.36. The van der Waals surface area contributed by atoms with E-state index in [-0.39, 0.29) is 19.2 Å². The maximum Gasteiger partial charge on any atom is 0.306 e. The van der Waals surface area contributed by atoms with Crippen LogP contribution in [0, 0.1) is 0 Å². The van der Waals surface area contributed by atoms with Gasteiger partial charge in [-0.15, -0.1) is 0 Å². The third kappa shape index (κ3) is 39.3. The van der Waals surface area contributed by atoms with Gasteiger partial charge in [0.25, 0.3) is 0 Å².